The van der Waals surface area contributed by atoms with Crippen LogP contribution in [0.3, 0.4) is 0 Å². The third kappa shape index (κ3) is 2.58. The normalized spacial score (nSPS) is 11.2. The van der Waals surface area contributed by atoms with Crippen molar-refractivity contribution < 1.29 is 16.8 Å². The molecule has 0 saturated carbocycles. The molecule has 1 aromatic rings. The van der Waals surface area contributed by atoms with Gasteiger partial charge in [-0.25, -0.2) is 8.42 Å². The van der Waals surface area contributed by atoms with Crippen molar-refractivity contribution in [3.8, 4) is 0 Å². The van der Waals surface area contributed by atoms with Crippen LogP contribution in [-0.4, -0.2) is 21.8 Å². The maximum absolute atomic E-state index is 10.8. The molecule has 1 N–H and O–H groups in total. The van der Waals surface area contributed by atoms with E-state index < -0.39 is 19.3 Å². The molecule has 72 valence electrons. The third-order valence-corrected chi connectivity index (χ3v) is 3.15. The van der Waals surface area contributed by atoms with Crippen molar-refractivity contribution in [2.24, 2.45) is 0 Å². The van der Waals surface area contributed by atoms with Gasteiger partial charge in [0.15, 0.2) is 4.64 Å². The Morgan fingerprint density at radius 3 is 2.46 bits per heavy atom. The van der Waals surface area contributed by atoms with Crippen molar-refractivity contribution in [2.75, 3.05) is 0 Å². The first-order valence-electron chi connectivity index (χ1n) is 2.97. The van der Waals surface area contributed by atoms with Gasteiger partial charge in [0, 0.05) is 16.9 Å². The molecule has 0 aliphatic heterocycles. The average Bonchev–Trinajstić information content (AvgIpc) is 2.03. The van der Waals surface area contributed by atoms with E-state index in [4.69, 9.17) is 10.7 Å². The maximum Gasteiger partial charge on any atom is 0.261 e. The molecule has 0 aliphatic rings. The Hall–Kier alpha value is -0.790. The summed E-state index contributed by atoms with van der Waals surface area (Å²) < 4.78 is 42.1. The zero-order chi connectivity index (χ0) is 10.1. The lowest BCUT2D eigenvalue weighted by Gasteiger charge is -1.92. The van der Waals surface area contributed by atoms with Crippen LogP contribution in [0.1, 0.15) is 0 Å². The molecule has 0 aliphatic carbocycles. The molecule has 13 heavy (non-hydrogen) atoms. The van der Waals surface area contributed by atoms with E-state index in [1.807, 2.05) is 0 Å². The van der Waals surface area contributed by atoms with Gasteiger partial charge in [0.1, 0.15) is 0 Å². The summed E-state index contributed by atoms with van der Waals surface area (Å²) in [5.41, 5.74) is 0. The molecule has 0 amide bonds. The topological polar surface area (TPSA) is 84.1 Å². The maximum atomic E-state index is 10.8. The molecule has 0 saturated heterocycles. The monoisotopic (exact) mass is 241 g/mol. The minimum atomic E-state index is -3.88. The van der Waals surface area contributed by atoms with Gasteiger partial charge in [0.05, 0.1) is 4.90 Å². The highest BCUT2D eigenvalue weighted by Crippen LogP contribution is 2.12. The summed E-state index contributed by atoms with van der Waals surface area (Å²) in [6.07, 6.45) is 1.18. The van der Waals surface area contributed by atoms with Gasteiger partial charge in [-0.05, 0) is 12.1 Å². The van der Waals surface area contributed by atoms with Crippen molar-refractivity contribution in [2.45, 2.75) is 4.90 Å². The Balaban J connectivity index is 3.67. The van der Waals surface area contributed by atoms with Crippen LogP contribution in [0.5, 0.6) is 0 Å². The van der Waals surface area contributed by atoms with Gasteiger partial charge < -0.3 is 4.98 Å². The van der Waals surface area contributed by atoms with Gasteiger partial charge in [-0.1, -0.05) is 0 Å². The summed E-state index contributed by atoms with van der Waals surface area (Å²) in [4.78, 5) is 2.09. The quantitative estimate of drug-likeness (QED) is 0.568. The van der Waals surface area contributed by atoms with E-state index in [1.54, 1.807) is 0 Å². The minimum absolute atomic E-state index is 0.235. The van der Waals surface area contributed by atoms with E-state index in [1.165, 1.54) is 12.3 Å². The number of hydrogen-bond donors (Lipinski definition) is 1. The molecule has 1 heterocycles. The van der Waals surface area contributed by atoms with Crippen molar-refractivity contribution in [1.29, 1.82) is 0 Å². The molecule has 0 atom stereocenters. The lowest BCUT2D eigenvalue weighted by Crippen LogP contribution is -1.91. The lowest BCUT2D eigenvalue weighted by atomic mass is 10.5. The van der Waals surface area contributed by atoms with Crippen LogP contribution < -0.4 is 0 Å². The highest BCUT2D eigenvalue weighted by Gasteiger charge is 2.08. The largest absolute Gasteiger partial charge is 0.349 e. The second-order valence-corrected chi connectivity index (χ2v) is 5.54. The first-order valence-corrected chi connectivity index (χ1v) is 6.35. The fraction of sp³-hybridized carbons (Fsp3) is 0. The van der Waals surface area contributed by atoms with Gasteiger partial charge in [-0.15, -0.1) is 0 Å². The SMILES string of the molecule is O=S(=O)=c1cc(S(=O)(=O)Cl)cc[nH]1. The second kappa shape index (κ2) is 3.52. The number of hydrogen-bond acceptors (Lipinski definition) is 4. The Kier molecular flexibility index (Phi) is 2.79. The summed E-state index contributed by atoms with van der Waals surface area (Å²) >= 11 is 0. The Morgan fingerprint density at radius 1 is 1.38 bits per heavy atom. The fourth-order valence-corrected chi connectivity index (χ4v) is 1.91. The van der Waals surface area contributed by atoms with Crippen LogP contribution in [0.2, 0.25) is 0 Å². The molecule has 0 aromatic carbocycles. The molecule has 5 nitrogen and oxygen atoms in total. The number of nitrogens with one attached hydrogen (secondary N) is 1. The van der Waals surface area contributed by atoms with Crippen LogP contribution in [-0.2, 0) is 19.3 Å². The predicted molar refractivity (Wildman–Crippen MR) is 46.0 cm³/mol. The summed E-state index contributed by atoms with van der Waals surface area (Å²) in [6.45, 7) is 0. The van der Waals surface area contributed by atoms with Gasteiger partial charge >= 0.3 is 0 Å². The number of halogens is 1. The van der Waals surface area contributed by atoms with Crippen LogP contribution in [0, 0.1) is 4.64 Å². The number of aromatic nitrogens is 1. The molecule has 0 unspecified atom stereocenters. The van der Waals surface area contributed by atoms with Crippen molar-refractivity contribution in [3.05, 3.63) is 23.0 Å². The van der Waals surface area contributed by atoms with Gasteiger partial charge in [0.2, 0.25) is 10.3 Å². The Morgan fingerprint density at radius 2 is 2.00 bits per heavy atom. The summed E-state index contributed by atoms with van der Waals surface area (Å²) in [5, 5.41) is 0. The number of aromatic amines is 1. The molecule has 1 aromatic heterocycles. The van der Waals surface area contributed by atoms with E-state index in [0.29, 0.717) is 0 Å². The summed E-state index contributed by atoms with van der Waals surface area (Å²) in [7, 11) is -1.39. The van der Waals surface area contributed by atoms with Gasteiger partial charge in [-0.3, -0.25) is 0 Å². The summed E-state index contributed by atoms with van der Waals surface area (Å²) in [5.74, 6) is 0. The molecular weight excluding hydrogens is 238 g/mol. The molecule has 1 rings (SSSR count). The van der Waals surface area contributed by atoms with Gasteiger partial charge in [0.25, 0.3) is 9.05 Å². The molecule has 0 radical (unpaired) electrons. The van der Waals surface area contributed by atoms with E-state index in [2.05, 4.69) is 4.98 Å². The van der Waals surface area contributed by atoms with Crippen LogP contribution in [0.4, 0.5) is 0 Å². The number of rotatable bonds is 1. The van der Waals surface area contributed by atoms with E-state index in [9.17, 15) is 16.8 Å². The van der Waals surface area contributed by atoms with Gasteiger partial charge in [-0.2, -0.15) is 8.42 Å². The van der Waals surface area contributed by atoms with Crippen molar-refractivity contribution in [3.63, 3.8) is 0 Å². The molecule has 8 heteroatoms. The van der Waals surface area contributed by atoms with E-state index in [-0.39, 0.29) is 9.54 Å². The highest BCUT2D eigenvalue weighted by molar-refractivity contribution is 8.13. The fourth-order valence-electron chi connectivity index (χ4n) is 0.673. The average molecular weight is 242 g/mol. The standard InChI is InChI=1S/C5H4ClNO4S2/c6-13(10,11)4-1-2-7-5(3-4)12(8)9/h1-3,7H. The minimum Gasteiger partial charge on any atom is -0.349 e. The Bertz CT molecular complexity index is 575. The number of H-pyrrole nitrogens is 1. The molecule has 0 spiro atoms. The highest BCUT2D eigenvalue weighted by atomic mass is 35.7. The van der Waals surface area contributed by atoms with E-state index in [0.717, 1.165) is 6.07 Å². The first kappa shape index (κ1) is 10.3. The van der Waals surface area contributed by atoms with Crippen LogP contribution in [0.15, 0.2) is 23.2 Å². The molecule has 0 bridgehead atoms. The van der Waals surface area contributed by atoms with Crippen molar-refractivity contribution >= 4 is 30.0 Å². The predicted octanol–water partition coefficient (Wildman–Crippen LogP) is 0.353. The van der Waals surface area contributed by atoms with Crippen LogP contribution >= 0.6 is 10.7 Å². The smallest absolute Gasteiger partial charge is 0.261 e. The zero-order valence-electron chi connectivity index (χ0n) is 6.06. The number of pyridine rings is 1. The Labute approximate surface area is 79.9 Å². The van der Waals surface area contributed by atoms with E-state index >= 15 is 0 Å². The van der Waals surface area contributed by atoms with Crippen LogP contribution in [0.25, 0.3) is 0 Å². The molecular formula is C5H4ClNO4S2. The molecule has 0 fully saturated rings. The summed E-state index contributed by atoms with van der Waals surface area (Å²) in [6, 6.07) is 2.10. The third-order valence-electron chi connectivity index (χ3n) is 1.21. The zero-order valence-corrected chi connectivity index (χ0v) is 8.45. The second-order valence-electron chi connectivity index (χ2n) is 2.06. The lowest BCUT2D eigenvalue weighted by molar-refractivity contribution is 0.609. The van der Waals surface area contributed by atoms with Crippen molar-refractivity contribution in [1.82, 2.24) is 4.98 Å². The first-order chi connectivity index (χ1) is 5.91.